The second-order valence-corrected chi connectivity index (χ2v) is 13.2. The van der Waals surface area contributed by atoms with Crippen LogP contribution in [0.1, 0.15) is 58.0 Å². The highest BCUT2D eigenvalue weighted by Crippen LogP contribution is 2.34. The fraction of sp³-hybridized carbons (Fsp3) is 0.323. The van der Waals surface area contributed by atoms with Gasteiger partial charge in [-0.15, -0.1) is 0 Å². The molecule has 3 aromatic carbocycles. The van der Waals surface area contributed by atoms with Gasteiger partial charge in [-0.1, -0.05) is 42.5 Å². The molecule has 0 aliphatic carbocycles. The van der Waals surface area contributed by atoms with E-state index in [1.165, 1.54) is 10.6 Å². The zero-order chi connectivity index (χ0) is 29.8. The van der Waals surface area contributed by atoms with E-state index in [1.54, 1.807) is 28.8 Å². The van der Waals surface area contributed by atoms with E-state index in [0.29, 0.717) is 48.6 Å². The molecule has 2 aliphatic heterocycles. The number of carboxylic acid groups (broad SMARTS) is 1. The first-order chi connectivity index (χ1) is 20.0. The van der Waals surface area contributed by atoms with Crippen LogP contribution in [-0.2, 0) is 23.1 Å². The predicted molar refractivity (Wildman–Crippen MR) is 163 cm³/mol. The van der Waals surface area contributed by atoms with E-state index in [0.717, 1.165) is 22.3 Å². The molecule has 3 heterocycles. The zero-order valence-electron chi connectivity index (χ0n) is 23.7. The van der Waals surface area contributed by atoms with Crippen molar-refractivity contribution in [2.45, 2.75) is 45.4 Å². The van der Waals surface area contributed by atoms with Gasteiger partial charge in [0.1, 0.15) is 0 Å². The van der Waals surface area contributed by atoms with Crippen LogP contribution in [0.15, 0.2) is 65.5 Å². The summed E-state index contributed by atoms with van der Waals surface area (Å²) in [6, 6.07) is 17.9. The Balaban J connectivity index is 1.50. The number of aromatic carboxylic acids is 1. The lowest BCUT2D eigenvalue weighted by molar-refractivity contribution is 0.0698. The molecule has 0 bridgehead atoms. The molecule has 2 atom stereocenters. The summed E-state index contributed by atoms with van der Waals surface area (Å²) in [6.45, 7) is 5.55. The third kappa shape index (κ3) is 5.03. The number of carbonyl (C=O) groups is 1. The first-order valence-corrected chi connectivity index (χ1v) is 15.8. The molecule has 218 valence electrons. The number of aryl methyl sites for hydroxylation is 1. The fourth-order valence-electron chi connectivity index (χ4n) is 6.16. The normalized spacial score (nSPS) is 17.9. The van der Waals surface area contributed by atoms with Crippen molar-refractivity contribution in [3.63, 3.8) is 0 Å². The summed E-state index contributed by atoms with van der Waals surface area (Å²) in [4.78, 5) is 33.5. The van der Waals surface area contributed by atoms with Crippen LogP contribution in [0.25, 0.3) is 10.9 Å². The molecule has 4 aromatic rings. The molecule has 0 saturated carbocycles. The summed E-state index contributed by atoms with van der Waals surface area (Å²) >= 11 is 0. The van der Waals surface area contributed by atoms with Gasteiger partial charge in [0.25, 0.3) is 5.56 Å². The maximum atomic E-state index is 14.4. The number of anilines is 2. The largest absolute Gasteiger partial charge is 0.478 e. The average molecular weight is 588 g/mol. The average Bonchev–Trinajstić information content (AvgIpc) is 3.61. The first-order valence-electron chi connectivity index (χ1n) is 13.9. The Hall–Kier alpha value is -4.22. The maximum absolute atomic E-state index is 14.4. The molecular formula is C31H33N5O5S. The Bertz CT molecular complexity index is 1860. The Morgan fingerprint density at radius 3 is 2.38 bits per heavy atom. The van der Waals surface area contributed by atoms with Gasteiger partial charge in [0.2, 0.25) is 16.0 Å². The van der Waals surface area contributed by atoms with E-state index in [1.807, 2.05) is 38.1 Å². The first kappa shape index (κ1) is 27.9. The standard InChI is InChI=1S/C31H33N5O5S/c1-19-14-25(20(2)32-27-11-7-6-10-24(27)30(38)39)28-26(15-19)29(37)36(23-12-13-35(18-23)42(3,40)41)31(33-28)34-16-21-8-4-5-9-22(21)17-34/h4-11,14-15,20,23,32H,12-13,16-18H2,1-3H3,(H,38,39)/t20?,23-/m1/s1. The van der Waals surface area contributed by atoms with Crippen LogP contribution in [0.3, 0.4) is 0 Å². The van der Waals surface area contributed by atoms with Crippen molar-refractivity contribution in [1.29, 1.82) is 0 Å². The van der Waals surface area contributed by atoms with Gasteiger partial charge in [0.05, 0.1) is 34.8 Å². The second kappa shape index (κ2) is 10.6. The molecule has 0 radical (unpaired) electrons. The number of nitrogens with one attached hydrogen (secondary N) is 1. The van der Waals surface area contributed by atoms with Crippen molar-refractivity contribution in [3.05, 3.63) is 98.8 Å². The van der Waals surface area contributed by atoms with Crippen LogP contribution in [0.4, 0.5) is 11.6 Å². The van der Waals surface area contributed by atoms with Gasteiger partial charge in [-0.25, -0.2) is 22.5 Å². The molecule has 1 saturated heterocycles. The van der Waals surface area contributed by atoms with Gasteiger partial charge in [-0.2, -0.15) is 0 Å². The number of hydrogen-bond acceptors (Lipinski definition) is 7. The van der Waals surface area contributed by atoms with E-state index in [2.05, 4.69) is 22.3 Å². The monoisotopic (exact) mass is 587 g/mol. The lowest BCUT2D eigenvalue weighted by Gasteiger charge is -2.27. The Labute approximate surface area is 244 Å². The number of hydrogen-bond donors (Lipinski definition) is 2. The van der Waals surface area contributed by atoms with Gasteiger partial charge >= 0.3 is 5.97 Å². The molecule has 1 unspecified atom stereocenters. The molecule has 2 N–H and O–H groups in total. The van der Waals surface area contributed by atoms with Crippen molar-refractivity contribution >= 4 is 38.5 Å². The quantitative estimate of drug-likeness (QED) is 0.328. The number of sulfonamides is 1. The Kier molecular flexibility index (Phi) is 7.02. The van der Waals surface area contributed by atoms with Crippen LogP contribution in [-0.4, -0.2) is 52.7 Å². The van der Waals surface area contributed by atoms with Crippen molar-refractivity contribution in [2.75, 3.05) is 29.6 Å². The molecule has 1 aromatic heterocycles. The van der Waals surface area contributed by atoms with Crippen LogP contribution in [0.5, 0.6) is 0 Å². The summed E-state index contributed by atoms with van der Waals surface area (Å²) in [5.74, 6) is -0.525. The highest BCUT2D eigenvalue weighted by atomic mass is 32.2. The van der Waals surface area contributed by atoms with Gasteiger partial charge in [0.15, 0.2) is 0 Å². The molecule has 10 nitrogen and oxygen atoms in total. The van der Waals surface area contributed by atoms with E-state index in [4.69, 9.17) is 4.98 Å². The summed E-state index contributed by atoms with van der Waals surface area (Å²) in [6.07, 6.45) is 1.71. The lowest BCUT2D eigenvalue weighted by atomic mass is 10.0. The minimum atomic E-state index is -3.40. The Morgan fingerprint density at radius 1 is 1.07 bits per heavy atom. The summed E-state index contributed by atoms with van der Waals surface area (Å²) in [5, 5.41) is 13.5. The minimum Gasteiger partial charge on any atom is -0.478 e. The second-order valence-electron chi connectivity index (χ2n) is 11.2. The van der Waals surface area contributed by atoms with E-state index in [-0.39, 0.29) is 29.8 Å². The molecule has 42 heavy (non-hydrogen) atoms. The van der Waals surface area contributed by atoms with E-state index < -0.39 is 16.0 Å². The van der Waals surface area contributed by atoms with Crippen LogP contribution < -0.4 is 15.8 Å². The summed E-state index contributed by atoms with van der Waals surface area (Å²) in [7, 11) is -3.40. The number of benzene rings is 3. The van der Waals surface area contributed by atoms with Crippen LogP contribution >= 0.6 is 0 Å². The minimum absolute atomic E-state index is 0.156. The third-order valence-electron chi connectivity index (χ3n) is 8.24. The lowest BCUT2D eigenvalue weighted by Crippen LogP contribution is -2.35. The highest BCUT2D eigenvalue weighted by Gasteiger charge is 2.34. The molecular weight excluding hydrogens is 554 g/mol. The molecule has 11 heteroatoms. The van der Waals surface area contributed by atoms with E-state index >= 15 is 0 Å². The smallest absolute Gasteiger partial charge is 0.337 e. The molecule has 0 amide bonds. The molecule has 0 spiro atoms. The number of carboxylic acids is 1. The third-order valence-corrected chi connectivity index (χ3v) is 9.51. The van der Waals surface area contributed by atoms with Crippen LogP contribution in [0, 0.1) is 6.92 Å². The maximum Gasteiger partial charge on any atom is 0.337 e. The SMILES string of the molecule is Cc1cc(C(C)Nc2ccccc2C(=O)O)c2nc(N3Cc4ccccc4C3)n([C@@H]3CCN(S(C)(=O)=O)C3)c(=O)c2c1. The van der Waals surface area contributed by atoms with Crippen LogP contribution in [0.2, 0.25) is 0 Å². The molecule has 2 aliphatic rings. The summed E-state index contributed by atoms with van der Waals surface area (Å²) in [5.41, 5.74) is 4.92. The Morgan fingerprint density at radius 2 is 1.74 bits per heavy atom. The highest BCUT2D eigenvalue weighted by molar-refractivity contribution is 7.88. The molecule has 1 fully saturated rings. The number of para-hydroxylation sites is 1. The zero-order valence-corrected chi connectivity index (χ0v) is 24.6. The van der Waals surface area contributed by atoms with E-state index in [9.17, 15) is 23.1 Å². The van der Waals surface area contributed by atoms with Crippen molar-refractivity contribution in [1.82, 2.24) is 13.9 Å². The van der Waals surface area contributed by atoms with Crippen molar-refractivity contribution in [3.8, 4) is 0 Å². The number of fused-ring (bicyclic) bond motifs is 2. The van der Waals surface area contributed by atoms with Gasteiger partial charge in [-0.05, 0) is 55.2 Å². The predicted octanol–water partition coefficient (Wildman–Crippen LogP) is 4.30. The number of aromatic nitrogens is 2. The summed E-state index contributed by atoms with van der Waals surface area (Å²) < 4.78 is 27.8. The topological polar surface area (TPSA) is 125 Å². The van der Waals surface area contributed by atoms with Crippen molar-refractivity contribution < 1.29 is 18.3 Å². The fourth-order valence-corrected chi connectivity index (χ4v) is 7.03. The van der Waals surface area contributed by atoms with Gasteiger partial charge < -0.3 is 15.3 Å². The molecule has 6 rings (SSSR count). The number of rotatable bonds is 7. The van der Waals surface area contributed by atoms with Crippen molar-refractivity contribution in [2.24, 2.45) is 0 Å². The number of nitrogens with zero attached hydrogens (tertiary/aromatic N) is 4. The van der Waals surface area contributed by atoms with Gasteiger partial charge in [0, 0.05) is 37.4 Å². The van der Waals surface area contributed by atoms with Gasteiger partial charge in [-0.3, -0.25) is 9.36 Å².